The zero-order chi connectivity index (χ0) is 9.78. The van der Waals surface area contributed by atoms with Crippen LogP contribution in [0.1, 0.15) is 6.92 Å². The van der Waals surface area contributed by atoms with Gasteiger partial charge in [0.1, 0.15) is 5.94 Å². The van der Waals surface area contributed by atoms with Gasteiger partial charge in [0.2, 0.25) is 0 Å². The summed E-state index contributed by atoms with van der Waals surface area (Å²) in [6, 6.07) is 0. The number of amides is 1. The van der Waals surface area contributed by atoms with Crippen molar-refractivity contribution in [3.8, 4) is 0 Å². The third-order valence-corrected chi connectivity index (χ3v) is 0.946. The lowest BCUT2D eigenvalue weighted by Crippen LogP contribution is -2.37. The summed E-state index contributed by atoms with van der Waals surface area (Å²) in [4.78, 5) is 19.9. The Bertz CT molecular complexity index is 227. The second-order valence-electron chi connectivity index (χ2n) is 2.06. The smallest absolute Gasteiger partial charge is 0.344 e. The molecule has 68 valence electrons. The van der Waals surface area contributed by atoms with Gasteiger partial charge >= 0.3 is 12.1 Å². The van der Waals surface area contributed by atoms with E-state index in [9.17, 15) is 22.8 Å². The number of alkyl halides is 3. The van der Waals surface area contributed by atoms with E-state index in [2.05, 4.69) is 0 Å². The summed E-state index contributed by atoms with van der Waals surface area (Å²) in [5.41, 5.74) is 0.00704. The van der Waals surface area contributed by atoms with Crippen LogP contribution in [0.25, 0.3) is 0 Å². The minimum Gasteiger partial charge on any atom is -0.344 e. The SMILES string of the molecule is CC(=C=O)CNC(=O)C(F)(F)F. The lowest BCUT2D eigenvalue weighted by atomic mass is 10.3. The van der Waals surface area contributed by atoms with Crippen LogP contribution in [0, 0.1) is 0 Å². The maximum atomic E-state index is 11.5. The highest BCUT2D eigenvalue weighted by molar-refractivity contribution is 5.82. The van der Waals surface area contributed by atoms with Gasteiger partial charge in [0.15, 0.2) is 0 Å². The third kappa shape index (κ3) is 3.78. The summed E-state index contributed by atoms with van der Waals surface area (Å²) < 4.78 is 34.5. The molecule has 0 aromatic rings. The van der Waals surface area contributed by atoms with Gasteiger partial charge < -0.3 is 5.32 Å². The molecular weight excluding hydrogens is 175 g/mol. The summed E-state index contributed by atoms with van der Waals surface area (Å²) in [6.07, 6.45) is -4.90. The van der Waals surface area contributed by atoms with Gasteiger partial charge in [-0.2, -0.15) is 13.2 Å². The summed E-state index contributed by atoms with van der Waals surface area (Å²) in [5, 5.41) is 1.51. The van der Waals surface area contributed by atoms with Gasteiger partial charge in [-0.05, 0) is 6.92 Å². The quantitative estimate of drug-likeness (QED) is 0.628. The monoisotopic (exact) mass is 181 g/mol. The predicted molar refractivity (Wildman–Crippen MR) is 33.9 cm³/mol. The molecule has 0 aliphatic heterocycles. The Labute approximate surface area is 66.2 Å². The predicted octanol–water partition coefficient (Wildman–Crippen LogP) is 0.443. The summed E-state index contributed by atoms with van der Waals surface area (Å²) in [5.74, 6) is -0.702. The van der Waals surface area contributed by atoms with Gasteiger partial charge in [0.05, 0.1) is 0 Å². The fourth-order valence-electron chi connectivity index (χ4n) is 0.349. The molecule has 12 heavy (non-hydrogen) atoms. The van der Waals surface area contributed by atoms with E-state index in [4.69, 9.17) is 0 Å². The van der Waals surface area contributed by atoms with E-state index < -0.39 is 18.6 Å². The van der Waals surface area contributed by atoms with Crippen molar-refractivity contribution in [2.75, 3.05) is 6.54 Å². The van der Waals surface area contributed by atoms with Crippen molar-refractivity contribution in [3.63, 3.8) is 0 Å². The van der Waals surface area contributed by atoms with Crippen LogP contribution in [0.2, 0.25) is 0 Å². The second-order valence-corrected chi connectivity index (χ2v) is 2.06. The Morgan fingerprint density at radius 1 is 1.50 bits per heavy atom. The molecular formula is C6H6F3NO2. The minimum absolute atomic E-state index is 0.00704. The molecule has 0 aliphatic carbocycles. The number of carbonyl (C=O) groups excluding carboxylic acids is 2. The van der Waals surface area contributed by atoms with Crippen molar-refractivity contribution in [1.82, 2.24) is 5.32 Å². The average Bonchev–Trinajstić information content (AvgIpc) is 1.97. The lowest BCUT2D eigenvalue weighted by Gasteiger charge is -2.05. The topological polar surface area (TPSA) is 46.2 Å². The van der Waals surface area contributed by atoms with Gasteiger partial charge in [-0.15, -0.1) is 0 Å². The van der Waals surface area contributed by atoms with Crippen molar-refractivity contribution in [2.45, 2.75) is 13.1 Å². The van der Waals surface area contributed by atoms with Crippen molar-refractivity contribution in [1.29, 1.82) is 0 Å². The molecule has 0 aliphatic rings. The molecule has 0 aromatic heterocycles. The Morgan fingerprint density at radius 2 is 2.00 bits per heavy atom. The van der Waals surface area contributed by atoms with Gasteiger partial charge in [0, 0.05) is 12.1 Å². The molecule has 1 N–H and O–H groups in total. The van der Waals surface area contributed by atoms with E-state index in [1.54, 1.807) is 0 Å². The molecule has 0 unspecified atom stereocenters. The van der Waals surface area contributed by atoms with Crippen LogP contribution < -0.4 is 5.32 Å². The molecule has 0 rings (SSSR count). The molecule has 0 heterocycles. The van der Waals surface area contributed by atoms with Gasteiger partial charge in [-0.3, -0.25) is 4.79 Å². The van der Waals surface area contributed by atoms with Crippen molar-refractivity contribution >= 4 is 11.8 Å². The Morgan fingerprint density at radius 3 is 2.33 bits per heavy atom. The van der Waals surface area contributed by atoms with Crippen molar-refractivity contribution in [2.24, 2.45) is 0 Å². The molecule has 0 fully saturated rings. The molecule has 3 nitrogen and oxygen atoms in total. The molecule has 0 saturated carbocycles. The fraction of sp³-hybridized carbons (Fsp3) is 0.500. The van der Waals surface area contributed by atoms with Gasteiger partial charge in [0.25, 0.3) is 0 Å². The molecule has 1 amide bonds. The van der Waals surface area contributed by atoms with Gasteiger partial charge in [-0.1, -0.05) is 0 Å². The highest BCUT2D eigenvalue weighted by Crippen LogP contribution is 2.13. The largest absolute Gasteiger partial charge is 0.471 e. The highest BCUT2D eigenvalue weighted by Gasteiger charge is 2.38. The van der Waals surface area contributed by atoms with Crippen molar-refractivity contribution < 1.29 is 22.8 Å². The summed E-state index contributed by atoms with van der Waals surface area (Å²) >= 11 is 0. The first-order valence-electron chi connectivity index (χ1n) is 2.93. The third-order valence-electron chi connectivity index (χ3n) is 0.946. The second kappa shape index (κ2) is 3.92. The van der Waals surface area contributed by atoms with Crippen LogP contribution in [0.4, 0.5) is 13.2 Å². The molecule has 0 aromatic carbocycles. The van der Waals surface area contributed by atoms with E-state index in [0.29, 0.717) is 0 Å². The van der Waals surface area contributed by atoms with E-state index in [1.165, 1.54) is 18.2 Å². The Balaban J connectivity index is 3.97. The average molecular weight is 181 g/mol. The number of hydrogen-bond donors (Lipinski definition) is 1. The van der Waals surface area contributed by atoms with E-state index in [-0.39, 0.29) is 5.57 Å². The van der Waals surface area contributed by atoms with E-state index in [0.717, 1.165) is 0 Å². The van der Waals surface area contributed by atoms with Gasteiger partial charge in [-0.25, -0.2) is 4.79 Å². The van der Waals surface area contributed by atoms with Crippen LogP contribution in [0.5, 0.6) is 0 Å². The molecule has 0 bridgehead atoms. The number of nitrogens with one attached hydrogen (secondary N) is 1. The Kier molecular flexibility index (Phi) is 3.50. The normalized spacial score (nSPS) is 10.3. The van der Waals surface area contributed by atoms with Crippen LogP contribution in [0.15, 0.2) is 5.57 Å². The molecule has 0 atom stereocenters. The van der Waals surface area contributed by atoms with Crippen LogP contribution in [-0.2, 0) is 9.59 Å². The number of carbonyl (C=O) groups is 1. The maximum Gasteiger partial charge on any atom is 0.471 e. The molecule has 0 saturated heterocycles. The maximum absolute atomic E-state index is 11.5. The van der Waals surface area contributed by atoms with Crippen LogP contribution >= 0.6 is 0 Å². The first-order valence-corrected chi connectivity index (χ1v) is 2.93. The van der Waals surface area contributed by atoms with Crippen LogP contribution in [-0.4, -0.2) is 24.6 Å². The Hall–Kier alpha value is -1.29. The zero-order valence-corrected chi connectivity index (χ0v) is 6.16. The first kappa shape index (κ1) is 10.7. The number of hydrogen-bond acceptors (Lipinski definition) is 2. The first-order chi connectivity index (χ1) is 5.38. The molecule has 0 radical (unpaired) electrons. The van der Waals surface area contributed by atoms with Crippen LogP contribution in [0.3, 0.4) is 0 Å². The van der Waals surface area contributed by atoms with E-state index >= 15 is 0 Å². The molecule has 0 spiro atoms. The highest BCUT2D eigenvalue weighted by atomic mass is 19.4. The van der Waals surface area contributed by atoms with E-state index in [1.807, 2.05) is 0 Å². The molecule has 6 heteroatoms. The summed E-state index contributed by atoms with van der Waals surface area (Å²) in [7, 11) is 0. The number of rotatable bonds is 2. The zero-order valence-electron chi connectivity index (χ0n) is 6.16. The number of halogens is 3. The minimum atomic E-state index is -4.90. The lowest BCUT2D eigenvalue weighted by molar-refractivity contribution is -0.173. The van der Waals surface area contributed by atoms with Crippen molar-refractivity contribution in [3.05, 3.63) is 5.57 Å². The summed E-state index contributed by atoms with van der Waals surface area (Å²) in [6.45, 7) is 0.839. The fourth-order valence-corrected chi connectivity index (χ4v) is 0.349. The standard InChI is InChI=1S/C6H6F3NO2/c1-4(3-11)2-10-5(12)6(7,8)9/h2H2,1H3,(H,10,12).